The summed E-state index contributed by atoms with van der Waals surface area (Å²) in [7, 11) is 0. The predicted octanol–water partition coefficient (Wildman–Crippen LogP) is 0.683. The highest BCUT2D eigenvalue weighted by molar-refractivity contribution is 5.80. The number of piperidine rings is 1. The Hall–Kier alpha value is -0.610. The molecule has 1 amide bonds. The van der Waals surface area contributed by atoms with E-state index in [-0.39, 0.29) is 5.92 Å². The second-order valence-electron chi connectivity index (χ2n) is 6.04. The molecule has 4 heteroatoms. The van der Waals surface area contributed by atoms with Crippen LogP contribution in [0.1, 0.15) is 32.1 Å². The van der Waals surface area contributed by atoms with Gasteiger partial charge < -0.3 is 15.1 Å². The van der Waals surface area contributed by atoms with Crippen molar-refractivity contribution in [2.45, 2.75) is 38.1 Å². The third-order valence-corrected chi connectivity index (χ3v) is 4.71. The van der Waals surface area contributed by atoms with Crippen LogP contribution >= 0.6 is 0 Å². The monoisotopic (exact) mass is 251 g/mol. The summed E-state index contributed by atoms with van der Waals surface area (Å²) in [5.74, 6) is 0.681. The first kappa shape index (κ1) is 12.4. The van der Waals surface area contributed by atoms with Crippen molar-refractivity contribution >= 4 is 5.91 Å². The van der Waals surface area contributed by atoms with Gasteiger partial charge in [0.2, 0.25) is 5.91 Å². The van der Waals surface area contributed by atoms with Gasteiger partial charge in [0.05, 0.1) is 5.92 Å². The maximum Gasteiger partial charge on any atom is 0.228 e. The lowest BCUT2D eigenvalue weighted by atomic mass is 10.0. The molecule has 1 atom stereocenters. The molecule has 3 heterocycles. The van der Waals surface area contributed by atoms with Crippen LogP contribution in [0.5, 0.6) is 0 Å². The number of nitrogens with one attached hydrogen (secondary N) is 1. The first-order valence-corrected chi connectivity index (χ1v) is 7.58. The molecule has 0 bridgehead atoms. The maximum atomic E-state index is 12.3. The highest BCUT2D eigenvalue weighted by Gasteiger charge is 2.36. The first-order chi connectivity index (χ1) is 8.84. The Bertz CT molecular complexity index is 297. The standard InChI is InChI=1S/C14H25N3O/c18-14(12-9-15-10-12)17-8-4-5-13(17)11-16-6-2-1-3-7-16/h12-13,15H,1-11H2. The molecule has 3 fully saturated rings. The number of carbonyl (C=O) groups excluding carboxylic acids is 1. The van der Waals surface area contributed by atoms with Gasteiger partial charge in [-0.1, -0.05) is 6.42 Å². The number of likely N-dealkylation sites (tertiary alicyclic amines) is 2. The Balaban J connectivity index is 1.54. The van der Waals surface area contributed by atoms with Crippen molar-refractivity contribution in [2.75, 3.05) is 39.3 Å². The van der Waals surface area contributed by atoms with E-state index >= 15 is 0 Å². The molecule has 0 aromatic rings. The van der Waals surface area contributed by atoms with Crippen molar-refractivity contribution in [3.05, 3.63) is 0 Å². The largest absolute Gasteiger partial charge is 0.338 e. The Morgan fingerprint density at radius 3 is 2.50 bits per heavy atom. The molecule has 3 aliphatic rings. The van der Waals surface area contributed by atoms with E-state index in [4.69, 9.17) is 0 Å². The van der Waals surface area contributed by atoms with Gasteiger partial charge in [-0.25, -0.2) is 0 Å². The average Bonchev–Trinajstić information content (AvgIpc) is 2.76. The van der Waals surface area contributed by atoms with Gasteiger partial charge in [0.25, 0.3) is 0 Å². The average molecular weight is 251 g/mol. The van der Waals surface area contributed by atoms with Crippen molar-refractivity contribution < 1.29 is 4.79 Å². The lowest BCUT2D eigenvalue weighted by Crippen LogP contribution is -2.54. The minimum Gasteiger partial charge on any atom is -0.338 e. The molecule has 3 saturated heterocycles. The van der Waals surface area contributed by atoms with Crippen LogP contribution in [0.4, 0.5) is 0 Å². The minimum atomic E-state index is 0.270. The van der Waals surface area contributed by atoms with E-state index in [0.717, 1.165) is 26.2 Å². The SMILES string of the molecule is O=C(C1CNC1)N1CCCC1CN1CCCCC1. The fourth-order valence-electron chi connectivity index (χ4n) is 3.45. The Morgan fingerprint density at radius 1 is 1.06 bits per heavy atom. The Morgan fingerprint density at radius 2 is 1.83 bits per heavy atom. The Kier molecular flexibility index (Phi) is 3.85. The number of hydrogen-bond donors (Lipinski definition) is 1. The van der Waals surface area contributed by atoms with Crippen molar-refractivity contribution in [3.8, 4) is 0 Å². The van der Waals surface area contributed by atoms with Crippen LogP contribution in [-0.4, -0.2) is 61.0 Å². The van der Waals surface area contributed by atoms with Crippen LogP contribution in [0.2, 0.25) is 0 Å². The van der Waals surface area contributed by atoms with Crippen LogP contribution in [0, 0.1) is 5.92 Å². The second kappa shape index (κ2) is 5.57. The molecule has 0 spiro atoms. The van der Waals surface area contributed by atoms with Crippen LogP contribution in [0.25, 0.3) is 0 Å². The van der Waals surface area contributed by atoms with Gasteiger partial charge in [-0.2, -0.15) is 0 Å². The zero-order chi connectivity index (χ0) is 12.4. The smallest absolute Gasteiger partial charge is 0.228 e. The van der Waals surface area contributed by atoms with Gasteiger partial charge in [-0.3, -0.25) is 4.79 Å². The summed E-state index contributed by atoms with van der Waals surface area (Å²) >= 11 is 0. The summed E-state index contributed by atoms with van der Waals surface area (Å²) in [6.45, 7) is 6.38. The van der Waals surface area contributed by atoms with Gasteiger partial charge in [0.15, 0.2) is 0 Å². The topological polar surface area (TPSA) is 35.6 Å². The lowest BCUT2D eigenvalue weighted by molar-refractivity contribution is -0.138. The Labute approximate surface area is 110 Å². The van der Waals surface area contributed by atoms with Gasteiger partial charge >= 0.3 is 0 Å². The highest BCUT2D eigenvalue weighted by Crippen LogP contribution is 2.23. The van der Waals surface area contributed by atoms with Crippen LogP contribution in [-0.2, 0) is 4.79 Å². The molecule has 0 aliphatic carbocycles. The molecule has 0 aromatic carbocycles. The molecule has 1 N–H and O–H groups in total. The van der Waals surface area contributed by atoms with Gasteiger partial charge in [0.1, 0.15) is 0 Å². The number of amides is 1. The summed E-state index contributed by atoms with van der Waals surface area (Å²) < 4.78 is 0. The molecule has 1 unspecified atom stereocenters. The van der Waals surface area contributed by atoms with Crippen LogP contribution in [0.3, 0.4) is 0 Å². The van der Waals surface area contributed by atoms with Gasteiger partial charge in [-0.15, -0.1) is 0 Å². The summed E-state index contributed by atoms with van der Waals surface area (Å²) in [6, 6.07) is 0.496. The molecule has 4 nitrogen and oxygen atoms in total. The van der Waals surface area contributed by atoms with Crippen molar-refractivity contribution in [1.82, 2.24) is 15.1 Å². The minimum absolute atomic E-state index is 0.270. The van der Waals surface area contributed by atoms with Gasteiger partial charge in [-0.05, 0) is 38.8 Å². The molecule has 3 aliphatic heterocycles. The van der Waals surface area contributed by atoms with Crippen molar-refractivity contribution in [2.24, 2.45) is 5.92 Å². The molecule has 0 saturated carbocycles. The number of nitrogens with zero attached hydrogens (tertiary/aromatic N) is 2. The quantitative estimate of drug-likeness (QED) is 0.801. The van der Waals surface area contributed by atoms with E-state index in [0.29, 0.717) is 11.9 Å². The van der Waals surface area contributed by atoms with Crippen LogP contribution in [0.15, 0.2) is 0 Å². The van der Waals surface area contributed by atoms with E-state index < -0.39 is 0 Å². The third-order valence-electron chi connectivity index (χ3n) is 4.71. The zero-order valence-corrected chi connectivity index (χ0v) is 11.2. The summed E-state index contributed by atoms with van der Waals surface area (Å²) in [5.41, 5.74) is 0. The van der Waals surface area contributed by atoms with E-state index in [1.807, 2.05) is 0 Å². The fraction of sp³-hybridized carbons (Fsp3) is 0.929. The van der Waals surface area contributed by atoms with E-state index in [1.54, 1.807) is 0 Å². The molecule has 0 radical (unpaired) electrons. The van der Waals surface area contributed by atoms with Gasteiger partial charge in [0, 0.05) is 32.2 Å². The second-order valence-corrected chi connectivity index (χ2v) is 6.04. The molecule has 0 aromatic heterocycles. The number of hydrogen-bond acceptors (Lipinski definition) is 3. The van der Waals surface area contributed by atoms with Crippen LogP contribution < -0.4 is 5.32 Å². The zero-order valence-electron chi connectivity index (χ0n) is 11.2. The molecular weight excluding hydrogens is 226 g/mol. The van der Waals surface area contributed by atoms with Crippen molar-refractivity contribution in [3.63, 3.8) is 0 Å². The summed E-state index contributed by atoms with van der Waals surface area (Å²) in [4.78, 5) is 17.1. The molecule has 3 rings (SSSR count). The summed E-state index contributed by atoms with van der Waals surface area (Å²) in [5, 5.41) is 3.20. The fourth-order valence-corrected chi connectivity index (χ4v) is 3.45. The molecule has 102 valence electrons. The maximum absolute atomic E-state index is 12.3. The molecular formula is C14H25N3O. The van der Waals surface area contributed by atoms with E-state index in [2.05, 4.69) is 15.1 Å². The number of rotatable bonds is 3. The van der Waals surface area contributed by atoms with E-state index in [9.17, 15) is 4.79 Å². The normalized spacial score (nSPS) is 30.4. The molecule has 18 heavy (non-hydrogen) atoms. The lowest BCUT2D eigenvalue weighted by Gasteiger charge is -2.36. The highest BCUT2D eigenvalue weighted by atomic mass is 16.2. The number of carbonyl (C=O) groups is 1. The first-order valence-electron chi connectivity index (χ1n) is 7.58. The van der Waals surface area contributed by atoms with Crippen molar-refractivity contribution in [1.29, 1.82) is 0 Å². The summed E-state index contributed by atoms with van der Waals surface area (Å²) in [6.07, 6.45) is 6.48. The third kappa shape index (κ3) is 2.54. The predicted molar refractivity (Wildman–Crippen MR) is 71.4 cm³/mol. The van der Waals surface area contributed by atoms with E-state index in [1.165, 1.54) is 45.2 Å².